The molecule has 1 unspecified atom stereocenters. The van der Waals surface area contributed by atoms with Crippen LogP contribution in [0.3, 0.4) is 0 Å². The topological polar surface area (TPSA) is 58.6 Å². The molecule has 5 heteroatoms. The lowest BCUT2D eigenvalue weighted by Gasteiger charge is -2.58. The van der Waals surface area contributed by atoms with Crippen LogP contribution >= 0.6 is 15.9 Å². The van der Waals surface area contributed by atoms with E-state index in [-0.39, 0.29) is 11.9 Å². The number of nitrogens with one attached hydrogen (secondary N) is 1. The highest BCUT2D eigenvalue weighted by Gasteiger charge is 2.55. The van der Waals surface area contributed by atoms with Crippen molar-refractivity contribution in [3.63, 3.8) is 0 Å². The second kappa shape index (κ2) is 5.98. The van der Waals surface area contributed by atoms with Gasteiger partial charge in [-0.05, 0) is 91.8 Å². The zero-order chi connectivity index (χ0) is 17.8. The molecule has 4 bridgehead atoms. The molecule has 0 aliphatic heterocycles. The lowest BCUT2D eigenvalue weighted by molar-refractivity contribution is -0.152. The standard InChI is InChI=1S/C20H26BrNO3/c1-19(2,25-16-6-4-3-5-15(16)21)18(23)22-17-13-7-12-8-14(17)11-20(24,9-12)10-13/h3-6,12-14,17,24H,7-11H2,1-2H3,(H,22,23)/t12?,13-,14+,17+,20+. The van der Waals surface area contributed by atoms with Crippen LogP contribution in [-0.2, 0) is 4.79 Å². The van der Waals surface area contributed by atoms with Crippen molar-refractivity contribution in [1.82, 2.24) is 5.32 Å². The molecular formula is C20H26BrNO3. The quantitative estimate of drug-likeness (QED) is 0.800. The molecule has 25 heavy (non-hydrogen) atoms. The van der Waals surface area contributed by atoms with Gasteiger partial charge in [0.1, 0.15) is 5.75 Å². The minimum Gasteiger partial charge on any atom is -0.477 e. The summed E-state index contributed by atoms with van der Waals surface area (Å²) in [5.74, 6) is 2.04. The highest BCUT2D eigenvalue weighted by Crippen LogP contribution is 2.55. The molecule has 0 radical (unpaired) electrons. The molecule has 4 saturated carbocycles. The van der Waals surface area contributed by atoms with Crippen LogP contribution < -0.4 is 10.1 Å². The molecular weight excluding hydrogens is 382 g/mol. The summed E-state index contributed by atoms with van der Waals surface area (Å²) < 4.78 is 6.84. The van der Waals surface area contributed by atoms with Gasteiger partial charge in [0.05, 0.1) is 10.1 Å². The van der Waals surface area contributed by atoms with E-state index in [1.165, 1.54) is 0 Å². The Morgan fingerprint density at radius 1 is 1.24 bits per heavy atom. The third-order valence-electron chi connectivity index (χ3n) is 6.29. The van der Waals surface area contributed by atoms with Gasteiger partial charge >= 0.3 is 0 Å². The molecule has 4 fully saturated rings. The predicted molar refractivity (Wildman–Crippen MR) is 99.3 cm³/mol. The van der Waals surface area contributed by atoms with Crippen LogP contribution in [0.25, 0.3) is 0 Å². The van der Waals surface area contributed by atoms with Crippen molar-refractivity contribution in [1.29, 1.82) is 0 Å². The van der Waals surface area contributed by atoms with Gasteiger partial charge in [0.25, 0.3) is 5.91 Å². The Kier molecular flexibility index (Phi) is 4.15. The lowest BCUT2D eigenvalue weighted by Crippen LogP contribution is -2.63. The van der Waals surface area contributed by atoms with E-state index in [1.54, 1.807) is 0 Å². The van der Waals surface area contributed by atoms with Crippen molar-refractivity contribution in [3.05, 3.63) is 28.7 Å². The first kappa shape index (κ1) is 17.3. The van der Waals surface area contributed by atoms with E-state index in [4.69, 9.17) is 4.74 Å². The van der Waals surface area contributed by atoms with Gasteiger partial charge in [-0.2, -0.15) is 0 Å². The Balaban J connectivity index is 1.46. The maximum Gasteiger partial charge on any atom is 0.263 e. The molecule has 136 valence electrons. The SMILES string of the molecule is CC(C)(Oc1ccccc1Br)C(=O)N[C@H]1[C@@H]2CC3C[C@H]1C[C@](O)(C3)C2. The van der Waals surface area contributed by atoms with E-state index < -0.39 is 11.2 Å². The number of para-hydroxylation sites is 1. The van der Waals surface area contributed by atoms with Crippen LogP contribution in [0.1, 0.15) is 46.0 Å². The molecule has 2 N–H and O–H groups in total. The van der Waals surface area contributed by atoms with E-state index in [2.05, 4.69) is 21.2 Å². The number of hydrogen-bond acceptors (Lipinski definition) is 3. The number of aliphatic hydroxyl groups is 1. The Morgan fingerprint density at radius 2 is 1.88 bits per heavy atom. The minimum atomic E-state index is -0.949. The first-order valence-corrected chi connectivity index (χ1v) is 10.0. The molecule has 0 spiro atoms. The third kappa shape index (κ3) is 3.21. The summed E-state index contributed by atoms with van der Waals surface area (Å²) in [7, 11) is 0. The number of carbonyl (C=O) groups excluding carboxylic acids is 1. The van der Waals surface area contributed by atoms with Gasteiger partial charge in [-0.1, -0.05) is 12.1 Å². The van der Waals surface area contributed by atoms with E-state index in [0.717, 1.165) is 36.6 Å². The summed E-state index contributed by atoms with van der Waals surface area (Å²) in [6, 6.07) is 7.75. The average molecular weight is 408 g/mol. The summed E-state index contributed by atoms with van der Waals surface area (Å²) in [5, 5.41) is 14.0. The molecule has 5 atom stereocenters. The van der Waals surface area contributed by atoms with E-state index in [1.807, 2.05) is 38.1 Å². The maximum absolute atomic E-state index is 12.9. The summed E-state index contributed by atoms with van der Waals surface area (Å²) in [6.45, 7) is 3.62. The summed E-state index contributed by atoms with van der Waals surface area (Å²) in [4.78, 5) is 12.9. The highest BCUT2D eigenvalue weighted by atomic mass is 79.9. The van der Waals surface area contributed by atoms with E-state index >= 15 is 0 Å². The Bertz CT molecular complexity index is 673. The first-order valence-electron chi connectivity index (χ1n) is 9.23. The number of ether oxygens (including phenoxy) is 1. The fourth-order valence-corrected chi connectivity index (χ4v) is 5.76. The number of rotatable bonds is 4. The highest BCUT2D eigenvalue weighted by molar-refractivity contribution is 9.10. The zero-order valence-corrected chi connectivity index (χ0v) is 16.4. The zero-order valence-electron chi connectivity index (χ0n) is 14.8. The molecule has 0 heterocycles. The van der Waals surface area contributed by atoms with Crippen LogP contribution in [0.5, 0.6) is 5.75 Å². The van der Waals surface area contributed by atoms with Crippen LogP contribution in [0, 0.1) is 17.8 Å². The van der Waals surface area contributed by atoms with E-state index in [9.17, 15) is 9.90 Å². The van der Waals surface area contributed by atoms with Crippen molar-refractivity contribution in [2.75, 3.05) is 0 Å². The molecule has 4 aliphatic carbocycles. The van der Waals surface area contributed by atoms with Crippen molar-refractivity contribution >= 4 is 21.8 Å². The van der Waals surface area contributed by atoms with E-state index in [0.29, 0.717) is 23.5 Å². The van der Waals surface area contributed by atoms with Gasteiger partial charge < -0.3 is 15.2 Å². The van der Waals surface area contributed by atoms with Gasteiger partial charge in [-0.15, -0.1) is 0 Å². The minimum absolute atomic E-state index is 0.0762. The lowest BCUT2D eigenvalue weighted by atomic mass is 9.52. The number of amides is 1. The van der Waals surface area contributed by atoms with Crippen molar-refractivity contribution in [2.45, 2.75) is 63.2 Å². The largest absolute Gasteiger partial charge is 0.477 e. The smallest absolute Gasteiger partial charge is 0.263 e. The molecule has 0 aromatic heterocycles. The number of halogens is 1. The van der Waals surface area contributed by atoms with Crippen LogP contribution in [0.15, 0.2) is 28.7 Å². The second-order valence-electron chi connectivity index (χ2n) is 8.74. The molecule has 1 amide bonds. The van der Waals surface area contributed by atoms with Crippen molar-refractivity contribution in [2.24, 2.45) is 17.8 Å². The Morgan fingerprint density at radius 3 is 2.48 bits per heavy atom. The Labute approximate surface area is 157 Å². The molecule has 1 aromatic rings. The van der Waals surface area contributed by atoms with Gasteiger partial charge in [0.2, 0.25) is 0 Å². The van der Waals surface area contributed by atoms with Crippen molar-refractivity contribution in [3.8, 4) is 5.75 Å². The van der Waals surface area contributed by atoms with Gasteiger partial charge in [-0.3, -0.25) is 4.79 Å². The van der Waals surface area contributed by atoms with Gasteiger partial charge in [-0.25, -0.2) is 0 Å². The normalized spacial score (nSPS) is 36.3. The van der Waals surface area contributed by atoms with Gasteiger partial charge in [0, 0.05) is 6.04 Å². The molecule has 4 aliphatic rings. The fourth-order valence-electron chi connectivity index (χ4n) is 5.39. The monoisotopic (exact) mass is 407 g/mol. The van der Waals surface area contributed by atoms with Crippen molar-refractivity contribution < 1.29 is 14.6 Å². The molecule has 5 rings (SSSR count). The molecule has 4 nitrogen and oxygen atoms in total. The predicted octanol–water partition coefficient (Wildman–Crippen LogP) is 3.66. The number of benzene rings is 1. The number of hydrogen-bond donors (Lipinski definition) is 2. The molecule has 0 saturated heterocycles. The van der Waals surface area contributed by atoms with Crippen LogP contribution in [0.2, 0.25) is 0 Å². The van der Waals surface area contributed by atoms with Gasteiger partial charge in [0.15, 0.2) is 5.60 Å². The average Bonchev–Trinajstić information content (AvgIpc) is 2.51. The fraction of sp³-hybridized carbons (Fsp3) is 0.650. The Hall–Kier alpha value is -1.07. The van der Waals surface area contributed by atoms with Crippen LogP contribution in [-0.4, -0.2) is 28.3 Å². The summed E-state index contributed by atoms with van der Waals surface area (Å²) in [6.07, 6.45) is 4.88. The second-order valence-corrected chi connectivity index (χ2v) is 9.59. The number of carbonyl (C=O) groups is 1. The first-order chi connectivity index (χ1) is 11.8. The summed E-state index contributed by atoms with van der Waals surface area (Å²) >= 11 is 3.47. The summed E-state index contributed by atoms with van der Waals surface area (Å²) in [5.41, 5.74) is -1.42. The molecule has 1 aromatic carbocycles. The van der Waals surface area contributed by atoms with Crippen LogP contribution in [0.4, 0.5) is 0 Å². The maximum atomic E-state index is 12.9. The third-order valence-corrected chi connectivity index (χ3v) is 6.94.